The lowest BCUT2D eigenvalue weighted by atomic mass is 9.86. The van der Waals surface area contributed by atoms with Gasteiger partial charge in [0.1, 0.15) is 0 Å². The highest BCUT2D eigenvalue weighted by Gasteiger charge is 2.18. The van der Waals surface area contributed by atoms with Gasteiger partial charge in [-0.3, -0.25) is 0 Å². The molecule has 0 radical (unpaired) electrons. The Bertz CT molecular complexity index is 123. The molecule has 0 aromatic heterocycles. The Kier molecular flexibility index (Phi) is 4.48. The Morgan fingerprint density at radius 3 is 1.91 bits per heavy atom. The fraction of sp³-hybridized carbons (Fsp3) is 0.818. The summed E-state index contributed by atoms with van der Waals surface area (Å²) >= 11 is 0. The first-order valence-corrected chi connectivity index (χ1v) is 4.80. The molecule has 0 nitrogen and oxygen atoms in total. The maximum Gasteiger partial charge on any atom is -0.0173 e. The SMILES string of the molecule is CC.CC(C)(C)C1=CCCC1. The first kappa shape index (κ1) is 10.7. The van der Waals surface area contributed by atoms with Crippen molar-refractivity contribution >= 4 is 0 Å². The molecule has 0 spiro atoms. The van der Waals surface area contributed by atoms with Crippen molar-refractivity contribution in [2.24, 2.45) is 5.41 Å². The lowest BCUT2D eigenvalue weighted by molar-refractivity contribution is 0.489. The highest BCUT2D eigenvalue weighted by Crippen LogP contribution is 2.33. The molecule has 66 valence electrons. The molecule has 1 aliphatic carbocycles. The second-order valence-corrected chi connectivity index (χ2v) is 3.87. The van der Waals surface area contributed by atoms with E-state index in [9.17, 15) is 0 Å². The van der Waals surface area contributed by atoms with E-state index in [1.165, 1.54) is 19.3 Å². The minimum absolute atomic E-state index is 0.441. The summed E-state index contributed by atoms with van der Waals surface area (Å²) in [7, 11) is 0. The Hall–Kier alpha value is -0.260. The average Bonchev–Trinajstić information content (AvgIpc) is 2.40. The molecule has 11 heavy (non-hydrogen) atoms. The third-order valence-electron chi connectivity index (χ3n) is 2.00. The van der Waals surface area contributed by atoms with Gasteiger partial charge in [0.2, 0.25) is 0 Å². The maximum atomic E-state index is 2.40. The highest BCUT2D eigenvalue weighted by atomic mass is 14.2. The van der Waals surface area contributed by atoms with E-state index in [4.69, 9.17) is 0 Å². The van der Waals surface area contributed by atoms with Crippen molar-refractivity contribution in [2.75, 3.05) is 0 Å². The molecule has 0 heteroatoms. The first-order chi connectivity index (χ1) is 5.11. The topological polar surface area (TPSA) is 0 Å². The third-order valence-corrected chi connectivity index (χ3v) is 2.00. The zero-order chi connectivity index (χ0) is 8.91. The van der Waals surface area contributed by atoms with Crippen LogP contribution in [0.25, 0.3) is 0 Å². The summed E-state index contributed by atoms with van der Waals surface area (Å²) in [5.74, 6) is 0. The van der Waals surface area contributed by atoms with Crippen molar-refractivity contribution in [2.45, 2.75) is 53.9 Å². The number of allylic oxidation sites excluding steroid dienone is 2. The summed E-state index contributed by atoms with van der Waals surface area (Å²) in [6.45, 7) is 10.9. The van der Waals surface area contributed by atoms with Gasteiger partial charge in [0, 0.05) is 0 Å². The van der Waals surface area contributed by atoms with Gasteiger partial charge in [-0.05, 0) is 24.7 Å². The summed E-state index contributed by atoms with van der Waals surface area (Å²) in [6.07, 6.45) is 6.43. The minimum atomic E-state index is 0.441. The van der Waals surface area contributed by atoms with Gasteiger partial charge in [-0.25, -0.2) is 0 Å². The highest BCUT2D eigenvalue weighted by molar-refractivity contribution is 5.14. The summed E-state index contributed by atoms with van der Waals surface area (Å²) in [5.41, 5.74) is 2.10. The molecule has 0 saturated heterocycles. The third kappa shape index (κ3) is 3.60. The average molecular weight is 154 g/mol. The molecule has 0 unspecified atom stereocenters. The maximum absolute atomic E-state index is 2.40. The minimum Gasteiger partial charge on any atom is -0.0848 e. The predicted molar refractivity (Wildman–Crippen MR) is 52.7 cm³/mol. The largest absolute Gasteiger partial charge is 0.0848 e. The molecule has 0 bridgehead atoms. The summed E-state index contributed by atoms with van der Waals surface area (Å²) in [5, 5.41) is 0. The summed E-state index contributed by atoms with van der Waals surface area (Å²) < 4.78 is 0. The molecule has 0 aromatic rings. The molecule has 0 atom stereocenters. The van der Waals surface area contributed by atoms with Crippen LogP contribution in [0.5, 0.6) is 0 Å². The van der Waals surface area contributed by atoms with Crippen molar-refractivity contribution in [1.82, 2.24) is 0 Å². The second kappa shape index (κ2) is 4.58. The fourth-order valence-corrected chi connectivity index (χ4v) is 1.35. The standard InChI is InChI=1S/C9H16.C2H6/c1-9(2,3)8-6-4-5-7-8;1-2/h6H,4-5,7H2,1-3H3;1-2H3. The normalized spacial score (nSPS) is 17.0. The van der Waals surface area contributed by atoms with E-state index in [1.807, 2.05) is 13.8 Å². The number of hydrogen-bond acceptors (Lipinski definition) is 0. The van der Waals surface area contributed by atoms with Crippen LogP contribution in [0.15, 0.2) is 11.6 Å². The van der Waals surface area contributed by atoms with Crippen LogP contribution < -0.4 is 0 Å². The molecule has 0 aliphatic heterocycles. The molecule has 0 fully saturated rings. The Labute approximate surface area is 71.7 Å². The summed E-state index contributed by atoms with van der Waals surface area (Å²) in [6, 6.07) is 0. The predicted octanol–water partition coefficient (Wildman–Crippen LogP) is 4.17. The van der Waals surface area contributed by atoms with Crippen LogP contribution in [-0.2, 0) is 0 Å². The van der Waals surface area contributed by atoms with Crippen molar-refractivity contribution in [1.29, 1.82) is 0 Å². The Morgan fingerprint density at radius 1 is 1.18 bits per heavy atom. The quantitative estimate of drug-likeness (QED) is 0.459. The molecule has 0 heterocycles. The van der Waals surface area contributed by atoms with E-state index in [0.717, 1.165) is 0 Å². The molecule has 0 saturated carbocycles. The van der Waals surface area contributed by atoms with E-state index in [-0.39, 0.29) is 0 Å². The van der Waals surface area contributed by atoms with Gasteiger partial charge in [-0.1, -0.05) is 46.3 Å². The molecule has 0 N–H and O–H groups in total. The van der Waals surface area contributed by atoms with E-state index in [2.05, 4.69) is 26.8 Å². The van der Waals surface area contributed by atoms with Crippen LogP contribution in [0, 0.1) is 5.41 Å². The van der Waals surface area contributed by atoms with Gasteiger partial charge in [0.25, 0.3) is 0 Å². The second-order valence-electron chi connectivity index (χ2n) is 3.87. The number of hydrogen-bond donors (Lipinski definition) is 0. The molecule has 0 amide bonds. The van der Waals surface area contributed by atoms with Crippen LogP contribution in [0.3, 0.4) is 0 Å². The molecule has 0 aromatic carbocycles. The van der Waals surface area contributed by atoms with Crippen LogP contribution in [0.4, 0.5) is 0 Å². The zero-order valence-electron chi connectivity index (χ0n) is 8.70. The van der Waals surface area contributed by atoms with Gasteiger partial charge in [-0.15, -0.1) is 0 Å². The van der Waals surface area contributed by atoms with Gasteiger partial charge in [-0.2, -0.15) is 0 Å². The number of rotatable bonds is 0. The first-order valence-electron chi connectivity index (χ1n) is 4.80. The Balaban J connectivity index is 0.000000461. The van der Waals surface area contributed by atoms with E-state index < -0.39 is 0 Å². The van der Waals surface area contributed by atoms with Crippen molar-refractivity contribution in [3.63, 3.8) is 0 Å². The van der Waals surface area contributed by atoms with Crippen LogP contribution >= 0.6 is 0 Å². The van der Waals surface area contributed by atoms with Crippen LogP contribution in [-0.4, -0.2) is 0 Å². The van der Waals surface area contributed by atoms with Gasteiger partial charge in [0.15, 0.2) is 0 Å². The van der Waals surface area contributed by atoms with Crippen molar-refractivity contribution in [3.05, 3.63) is 11.6 Å². The fourth-order valence-electron chi connectivity index (χ4n) is 1.35. The van der Waals surface area contributed by atoms with E-state index in [0.29, 0.717) is 5.41 Å². The van der Waals surface area contributed by atoms with Gasteiger partial charge >= 0.3 is 0 Å². The van der Waals surface area contributed by atoms with E-state index >= 15 is 0 Å². The molecule has 1 aliphatic rings. The van der Waals surface area contributed by atoms with Crippen molar-refractivity contribution < 1.29 is 0 Å². The summed E-state index contributed by atoms with van der Waals surface area (Å²) in [4.78, 5) is 0. The smallest absolute Gasteiger partial charge is 0.0173 e. The van der Waals surface area contributed by atoms with Crippen LogP contribution in [0.1, 0.15) is 53.9 Å². The molecular weight excluding hydrogens is 132 g/mol. The lowest BCUT2D eigenvalue weighted by Crippen LogP contribution is -2.06. The van der Waals surface area contributed by atoms with Crippen LogP contribution in [0.2, 0.25) is 0 Å². The Morgan fingerprint density at radius 2 is 1.73 bits per heavy atom. The van der Waals surface area contributed by atoms with Gasteiger partial charge in [0.05, 0.1) is 0 Å². The van der Waals surface area contributed by atoms with E-state index in [1.54, 1.807) is 5.57 Å². The van der Waals surface area contributed by atoms with Crippen molar-refractivity contribution in [3.8, 4) is 0 Å². The monoisotopic (exact) mass is 154 g/mol. The molecular formula is C11H22. The zero-order valence-corrected chi connectivity index (χ0v) is 8.70. The van der Waals surface area contributed by atoms with Gasteiger partial charge < -0.3 is 0 Å². The molecule has 1 rings (SSSR count). The lowest BCUT2D eigenvalue weighted by Gasteiger charge is -2.19.